The van der Waals surface area contributed by atoms with Gasteiger partial charge in [-0.15, -0.1) is 0 Å². The molecule has 2 rings (SSSR count). The smallest absolute Gasteiger partial charge is 0.387 e. The molecular formula is C20H31F2N3O3. The van der Waals surface area contributed by atoms with Crippen molar-refractivity contribution in [2.24, 2.45) is 5.92 Å². The van der Waals surface area contributed by atoms with Crippen LogP contribution in [-0.4, -0.2) is 68.4 Å². The van der Waals surface area contributed by atoms with Crippen molar-refractivity contribution in [2.75, 3.05) is 39.9 Å². The van der Waals surface area contributed by atoms with Crippen LogP contribution in [0, 0.1) is 5.92 Å². The summed E-state index contributed by atoms with van der Waals surface area (Å²) in [6, 6.07) is 6.43. The number of benzene rings is 1. The van der Waals surface area contributed by atoms with Crippen LogP contribution in [0.15, 0.2) is 24.3 Å². The highest BCUT2D eigenvalue weighted by Crippen LogP contribution is 2.16. The number of alkyl halides is 2. The fourth-order valence-electron chi connectivity index (χ4n) is 3.31. The SMILES string of the molecule is CC(C)CC(CNC(=O)N(C)Cc1ccc(OC(F)F)cc1)N1CCOCC1. The number of nitrogens with one attached hydrogen (secondary N) is 1. The monoisotopic (exact) mass is 399 g/mol. The number of halogens is 2. The molecule has 1 aromatic rings. The minimum Gasteiger partial charge on any atom is -0.435 e. The van der Waals surface area contributed by atoms with Crippen molar-refractivity contribution < 1.29 is 23.0 Å². The molecule has 28 heavy (non-hydrogen) atoms. The van der Waals surface area contributed by atoms with Gasteiger partial charge in [0, 0.05) is 39.3 Å². The fraction of sp³-hybridized carbons (Fsp3) is 0.650. The van der Waals surface area contributed by atoms with Gasteiger partial charge in [0.25, 0.3) is 0 Å². The van der Waals surface area contributed by atoms with Gasteiger partial charge in [-0.3, -0.25) is 4.90 Å². The molecule has 8 heteroatoms. The molecule has 158 valence electrons. The van der Waals surface area contributed by atoms with Crippen LogP contribution in [0.25, 0.3) is 0 Å². The Morgan fingerprint density at radius 3 is 2.46 bits per heavy atom. The molecule has 0 aliphatic carbocycles. The number of ether oxygens (including phenoxy) is 2. The molecule has 1 aliphatic rings. The predicted octanol–water partition coefficient (Wildman–Crippen LogP) is 3.18. The number of urea groups is 1. The van der Waals surface area contributed by atoms with E-state index >= 15 is 0 Å². The van der Waals surface area contributed by atoms with Crippen LogP contribution < -0.4 is 10.1 Å². The second-order valence-electron chi connectivity index (χ2n) is 7.50. The van der Waals surface area contributed by atoms with E-state index in [0.29, 0.717) is 19.0 Å². The van der Waals surface area contributed by atoms with Crippen LogP contribution in [0.2, 0.25) is 0 Å². The van der Waals surface area contributed by atoms with E-state index in [0.717, 1.165) is 38.3 Å². The largest absolute Gasteiger partial charge is 0.435 e. The van der Waals surface area contributed by atoms with Gasteiger partial charge in [-0.25, -0.2) is 4.79 Å². The Morgan fingerprint density at radius 2 is 1.89 bits per heavy atom. The van der Waals surface area contributed by atoms with Crippen LogP contribution in [0.1, 0.15) is 25.8 Å². The highest BCUT2D eigenvalue weighted by Gasteiger charge is 2.23. The van der Waals surface area contributed by atoms with Gasteiger partial charge in [0.1, 0.15) is 5.75 Å². The normalized spacial score (nSPS) is 16.2. The minimum atomic E-state index is -2.84. The van der Waals surface area contributed by atoms with Crippen molar-refractivity contribution in [3.05, 3.63) is 29.8 Å². The molecule has 1 aliphatic heterocycles. The molecule has 1 aromatic carbocycles. The standard InChI is InChI=1S/C20H31F2N3O3/c1-15(2)12-17(25-8-10-27-11-9-25)13-23-20(26)24(3)14-16-4-6-18(7-5-16)28-19(21)22/h4-7,15,17,19H,8-14H2,1-3H3,(H,23,26). The van der Waals surface area contributed by atoms with Gasteiger partial charge in [-0.05, 0) is 30.0 Å². The van der Waals surface area contributed by atoms with Gasteiger partial charge in [0.05, 0.1) is 13.2 Å². The average Bonchev–Trinajstić information content (AvgIpc) is 2.66. The summed E-state index contributed by atoms with van der Waals surface area (Å²) in [5, 5.41) is 3.02. The maximum atomic E-state index is 12.5. The first-order valence-corrected chi connectivity index (χ1v) is 9.69. The molecule has 1 heterocycles. The number of hydrogen-bond acceptors (Lipinski definition) is 4. The van der Waals surface area contributed by atoms with Crippen molar-refractivity contribution in [2.45, 2.75) is 39.5 Å². The summed E-state index contributed by atoms with van der Waals surface area (Å²) in [5.74, 6) is 0.643. The fourth-order valence-corrected chi connectivity index (χ4v) is 3.31. The third-order valence-corrected chi connectivity index (χ3v) is 4.71. The topological polar surface area (TPSA) is 54.0 Å². The lowest BCUT2D eigenvalue weighted by Crippen LogP contribution is -2.50. The van der Waals surface area contributed by atoms with Crippen molar-refractivity contribution in [1.29, 1.82) is 0 Å². The first-order chi connectivity index (χ1) is 13.3. The Labute approximate surface area is 165 Å². The molecule has 1 saturated heterocycles. The van der Waals surface area contributed by atoms with Crippen LogP contribution in [0.4, 0.5) is 13.6 Å². The van der Waals surface area contributed by atoms with Gasteiger partial charge in [-0.2, -0.15) is 8.78 Å². The lowest BCUT2D eigenvalue weighted by Gasteiger charge is -2.35. The molecular weight excluding hydrogens is 368 g/mol. The van der Waals surface area contributed by atoms with E-state index < -0.39 is 6.61 Å². The highest BCUT2D eigenvalue weighted by atomic mass is 19.3. The van der Waals surface area contributed by atoms with Gasteiger partial charge >= 0.3 is 12.6 Å². The van der Waals surface area contributed by atoms with Gasteiger partial charge in [-0.1, -0.05) is 26.0 Å². The zero-order chi connectivity index (χ0) is 20.5. The Balaban J connectivity index is 1.84. The molecule has 2 amide bonds. The van der Waals surface area contributed by atoms with Crippen molar-refractivity contribution in [3.63, 3.8) is 0 Å². The third-order valence-electron chi connectivity index (χ3n) is 4.71. The summed E-state index contributed by atoms with van der Waals surface area (Å²) < 4.78 is 34.2. The molecule has 1 N–H and O–H groups in total. The summed E-state index contributed by atoms with van der Waals surface area (Å²) >= 11 is 0. The number of hydrogen-bond donors (Lipinski definition) is 1. The van der Waals surface area contributed by atoms with Crippen molar-refractivity contribution >= 4 is 6.03 Å². The Morgan fingerprint density at radius 1 is 1.25 bits per heavy atom. The molecule has 6 nitrogen and oxygen atoms in total. The van der Waals surface area contributed by atoms with E-state index in [1.807, 2.05) is 0 Å². The molecule has 1 fully saturated rings. The first kappa shape index (κ1) is 22.4. The lowest BCUT2D eigenvalue weighted by atomic mass is 10.0. The second kappa shape index (κ2) is 11.2. The minimum absolute atomic E-state index is 0.105. The van der Waals surface area contributed by atoms with Gasteiger partial charge in [0.2, 0.25) is 0 Å². The van der Waals surface area contributed by atoms with E-state index in [-0.39, 0.29) is 17.8 Å². The molecule has 0 saturated carbocycles. The number of amides is 2. The lowest BCUT2D eigenvalue weighted by molar-refractivity contribution is -0.0498. The average molecular weight is 399 g/mol. The van der Waals surface area contributed by atoms with Crippen LogP contribution >= 0.6 is 0 Å². The third kappa shape index (κ3) is 7.59. The van der Waals surface area contributed by atoms with E-state index in [9.17, 15) is 13.6 Å². The van der Waals surface area contributed by atoms with Crippen molar-refractivity contribution in [3.8, 4) is 5.75 Å². The highest BCUT2D eigenvalue weighted by molar-refractivity contribution is 5.73. The summed E-state index contributed by atoms with van der Waals surface area (Å²) in [6.07, 6.45) is 1.01. The summed E-state index contributed by atoms with van der Waals surface area (Å²) in [7, 11) is 1.71. The molecule has 1 unspecified atom stereocenters. The maximum Gasteiger partial charge on any atom is 0.387 e. The van der Waals surface area contributed by atoms with Crippen LogP contribution in [-0.2, 0) is 11.3 Å². The number of rotatable bonds is 9. The summed E-state index contributed by atoms with van der Waals surface area (Å²) in [4.78, 5) is 16.4. The van der Waals surface area contributed by atoms with E-state index in [4.69, 9.17) is 4.74 Å². The molecule has 0 radical (unpaired) electrons. The Bertz CT molecular complexity index is 593. The van der Waals surface area contributed by atoms with E-state index in [1.165, 1.54) is 12.1 Å². The van der Waals surface area contributed by atoms with Gasteiger partial charge < -0.3 is 19.7 Å². The Hall–Kier alpha value is -1.93. The zero-order valence-corrected chi connectivity index (χ0v) is 16.9. The zero-order valence-electron chi connectivity index (χ0n) is 16.9. The van der Waals surface area contributed by atoms with E-state index in [1.54, 1.807) is 24.1 Å². The second-order valence-corrected chi connectivity index (χ2v) is 7.50. The first-order valence-electron chi connectivity index (χ1n) is 9.69. The quantitative estimate of drug-likeness (QED) is 0.693. The Kier molecular flexibility index (Phi) is 8.92. The van der Waals surface area contributed by atoms with Crippen molar-refractivity contribution in [1.82, 2.24) is 15.1 Å². The van der Waals surface area contributed by atoms with Crippen LogP contribution in [0.5, 0.6) is 5.75 Å². The number of nitrogens with zero attached hydrogens (tertiary/aromatic N) is 2. The molecule has 0 aromatic heterocycles. The number of carbonyl (C=O) groups is 1. The van der Waals surface area contributed by atoms with Gasteiger partial charge in [0.15, 0.2) is 0 Å². The predicted molar refractivity (Wildman–Crippen MR) is 104 cm³/mol. The molecule has 0 bridgehead atoms. The van der Waals surface area contributed by atoms with Crippen LogP contribution in [0.3, 0.4) is 0 Å². The van der Waals surface area contributed by atoms with E-state index in [2.05, 4.69) is 28.8 Å². The molecule has 0 spiro atoms. The number of morpholine rings is 1. The summed E-state index contributed by atoms with van der Waals surface area (Å²) in [6.45, 7) is 5.72. The number of carbonyl (C=O) groups excluding carboxylic acids is 1. The molecule has 1 atom stereocenters. The maximum absolute atomic E-state index is 12.5. The summed E-state index contributed by atoms with van der Waals surface area (Å²) in [5.41, 5.74) is 0.839.